The van der Waals surface area contributed by atoms with E-state index in [2.05, 4.69) is 0 Å². The van der Waals surface area contributed by atoms with Crippen LogP contribution in [0.3, 0.4) is 0 Å². The number of fused-ring (bicyclic) bond motifs is 1. The average molecular weight is 265 g/mol. The molecule has 0 spiro atoms. The Morgan fingerprint density at radius 3 is 2.13 bits per heavy atom. The van der Waals surface area contributed by atoms with Crippen molar-refractivity contribution in [1.82, 2.24) is 0 Å². The van der Waals surface area contributed by atoms with Crippen molar-refractivity contribution >= 4 is 31.3 Å². The summed E-state index contributed by atoms with van der Waals surface area (Å²) in [5, 5.41) is 0.227. The van der Waals surface area contributed by atoms with Gasteiger partial charge >= 0.3 is 0 Å². The Kier molecular flexibility index (Phi) is 2.97. The smallest absolute Gasteiger partial charge is 0.207 e. The summed E-state index contributed by atoms with van der Waals surface area (Å²) in [6.45, 7) is 0. The van der Waals surface area contributed by atoms with Crippen LogP contribution >= 0.6 is 22.3 Å². The van der Waals surface area contributed by atoms with Crippen LogP contribution in [0.4, 0.5) is 0 Å². The van der Waals surface area contributed by atoms with Crippen LogP contribution in [0.25, 0.3) is 0 Å². The van der Waals surface area contributed by atoms with E-state index in [9.17, 15) is 8.42 Å². The summed E-state index contributed by atoms with van der Waals surface area (Å²) < 4.78 is 22.4. The zero-order valence-corrected chi connectivity index (χ0v) is 10.3. The molecule has 0 aromatic heterocycles. The number of aryl methyl sites for hydroxylation is 2. The summed E-state index contributed by atoms with van der Waals surface area (Å²) in [5.41, 5.74) is 2.21. The normalized spacial score (nSPS) is 16.1. The lowest BCUT2D eigenvalue weighted by Crippen LogP contribution is -2.05. The van der Waals surface area contributed by atoms with Crippen molar-refractivity contribution in [2.75, 3.05) is 0 Å². The molecule has 2 rings (SSSR count). The summed E-state index contributed by atoms with van der Waals surface area (Å²) in [5.74, 6) is 0. The molecule has 0 aliphatic heterocycles. The Morgan fingerprint density at radius 2 is 1.60 bits per heavy atom. The molecule has 5 heteroatoms. The molecule has 0 fully saturated rings. The van der Waals surface area contributed by atoms with Gasteiger partial charge in [-0.3, -0.25) is 0 Å². The summed E-state index contributed by atoms with van der Waals surface area (Å²) in [7, 11) is 1.57. The first-order chi connectivity index (χ1) is 6.98. The lowest BCUT2D eigenvalue weighted by atomic mass is 9.92. The molecule has 0 heterocycles. The molecule has 0 unspecified atom stereocenters. The monoisotopic (exact) mass is 264 g/mol. The summed E-state index contributed by atoms with van der Waals surface area (Å²) >= 11 is 5.88. The largest absolute Gasteiger partial charge is 0.262 e. The van der Waals surface area contributed by atoms with Crippen molar-refractivity contribution in [3.8, 4) is 0 Å². The molecular formula is C10H10Cl2O2S. The quantitative estimate of drug-likeness (QED) is 0.731. The van der Waals surface area contributed by atoms with Gasteiger partial charge in [-0.1, -0.05) is 11.6 Å². The third kappa shape index (κ3) is 2.30. The molecule has 2 nitrogen and oxygen atoms in total. The van der Waals surface area contributed by atoms with E-state index in [-0.39, 0.29) is 9.92 Å². The Bertz CT molecular complexity index is 494. The maximum atomic E-state index is 11.2. The van der Waals surface area contributed by atoms with E-state index in [1.165, 1.54) is 0 Å². The maximum absolute atomic E-state index is 11.2. The molecular weight excluding hydrogens is 255 g/mol. The summed E-state index contributed by atoms with van der Waals surface area (Å²) in [6, 6.07) is 3.34. The standard InChI is InChI=1S/C10H10Cl2O2S/c11-9-5-7-3-1-2-4-8(7)6-10(9)15(12,13)14/h5-6H,1-4H2. The summed E-state index contributed by atoms with van der Waals surface area (Å²) in [6.07, 6.45) is 4.11. The van der Waals surface area contributed by atoms with Crippen molar-refractivity contribution in [3.05, 3.63) is 28.3 Å². The van der Waals surface area contributed by atoms with Crippen molar-refractivity contribution in [3.63, 3.8) is 0 Å². The first-order valence-electron chi connectivity index (χ1n) is 4.74. The van der Waals surface area contributed by atoms with Crippen molar-refractivity contribution in [2.45, 2.75) is 30.6 Å². The van der Waals surface area contributed by atoms with E-state index in [4.69, 9.17) is 22.3 Å². The highest BCUT2D eigenvalue weighted by atomic mass is 35.7. The fraction of sp³-hybridized carbons (Fsp3) is 0.400. The lowest BCUT2D eigenvalue weighted by molar-refractivity contribution is 0.609. The number of benzene rings is 1. The van der Waals surface area contributed by atoms with Crippen LogP contribution in [-0.4, -0.2) is 8.42 Å². The highest BCUT2D eigenvalue weighted by Gasteiger charge is 2.19. The zero-order chi connectivity index (χ0) is 11.1. The van der Waals surface area contributed by atoms with Crippen LogP contribution in [0.15, 0.2) is 17.0 Å². The van der Waals surface area contributed by atoms with Gasteiger partial charge in [-0.25, -0.2) is 8.42 Å². The molecule has 0 atom stereocenters. The minimum absolute atomic E-state index is 0.0338. The van der Waals surface area contributed by atoms with Gasteiger partial charge in [0.1, 0.15) is 4.90 Å². The maximum Gasteiger partial charge on any atom is 0.262 e. The van der Waals surface area contributed by atoms with E-state index < -0.39 is 9.05 Å². The molecule has 1 aliphatic rings. The highest BCUT2D eigenvalue weighted by Crippen LogP contribution is 2.31. The Hall–Kier alpha value is -0.250. The van der Waals surface area contributed by atoms with Gasteiger partial charge in [0.05, 0.1) is 5.02 Å². The van der Waals surface area contributed by atoms with Crippen molar-refractivity contribution < 1.29 is 8.42 Å². The van der Waals surface area contributed by atoms with E-state index in [0.29, 0.717) is 0 Å². The Labute approximate surface area is 98.6 Å². The predicted molar refractivity (Wildman–Crippen MR) is 61.1 cm³/mol. The van der Waals surface area contributed by atoms with Gasteiger partial charge in [-0.05, 0) is 48.9 Å². The van der Waals surface area contributed by atoms with E-state index in [1.807, 2.05) is 0 Å². The lowest BCUT2D eigenvalue weighted by Gasteiger charge is -2.16. The molecule has 0 saturated heterocycles. The van der Waals surface area contributed by atoms with Crippen LogP contribution in [0.5, 0.6) is 0 Å². The van der Waals surface area contributed by atoms with Crippen LogP contribution in [0.1, 0.15) is 24.0 Å². The molecule has 15 heavy (non-hydrogen) atoms. The van der Waals surface area contributed by atoms with Crippen molar-refractivity contribution in [2.24, 2.45) is 0 Å². The minimum Gasteiger partial charge on any atom is -0.207 e. The molecule has 1 aromatic rings. The van der Waals surface area contributed by atoms with Gasteiger partial charge in [0, 0.05) is 10.7 Å². The SMILES string of the molecule is O=S(=O)(Cl)c1cc2c(cc1Cl)CCCC2. The van der Waals surface area contributed by atoms with Gasteiger partial charge in [0.25, 0.3) is 9.05 Å². The molecule has 0 N–H and O–H groups in total. The highest BCUT2D eigenvalue weighted by molar-refractivity contribution is 8.13. The number of halogens is 2. The topological polar surface area (TPSA) is 34.1 Å². The first kappa shape index (κ1) is 11.2. The molecule has 82 valence electrons. The minimum atomic E-state index is -3.73. The van der Waals surface area contributed by atoms with E-state index in [1.54, 1.807) is 12.1 Å². The second kappa shape index (κ2) is 3.96. The molecule has 1 aliphatic carbocycles. The van der Waals surface area contributed by atoms with Gasteiger partial charge in [0.15, 0.2) is 0 Å². The molecule has 0 amide bonds. The first-order valence-corrected chi connectivity index (χ1v) is 7.43. The van der Waals surface area contributed by atoms with E-state index in [0.717, 1.165) is 36.8 Å². The van der Waals surface area contributed by atoms with Crippen LogP contribution in [-0.2, 0) is 21.9 Å². The molecule has 1 aromatic carbocycles. The number of rotatable bonds is 1. The summed E-state index contributed by atoms with van der Waals surface area (Å²) in [4.78, 5) is 0.0338. The molecule has 0 saturated carbocycles. The third-order valence-electron chi connectivity index (χ3n) is 2.66. The number of hydrogen-bond donors (Lipinski definition) is 0. The molecule has 0 bridgehead atoms. The second-order valence-electron chi connectivity index (χ2n) is 3.70. The van der Waals surface area contributed by atoms with Crippen LogP contribution in [0, 0.1) is 0 Å². The van der Waals surface area contributed by atoms with Crippen LogP contribution in [0.2, 0.25) is 5.02 Å². The Balaban J connectivity index is 2.60. The van der Waals surface area contributed by atoms with Crippen LogP contribution < -0.4 is 0 Å². The third-order valence-corrected chi connectivity index (χ3v) is 4.45. The van der Waals surface area contributed by atoms with Gasteiger partial charge < -0.3 is 0 Å². The van der Waals surface area contributed by atoms with Gasteiger partial charge in [0.2, 0.25) is 0 Å². The second-order valence-corrected chi connectivity index (χ2v) is 6.64. The average Bonchev–Trinajstić information content (AvgIpc) is 2.15. The fourth-order valence-corrected chi connectivity index (χ4v) is 3.49. The molecule has 0 radical (unpaired) electrons. The van der Waals surface area contributed by atoms with Crippen molar-refractivity contribution in [1.29, 1.82) is 0 Å². The van der Waals surface area contributed by atoms with Gasteiger partial charge in [-0.15, -0.1) is 0 Å². The van der Waals surface area contributed by atoms with Gasteiger partial charge in [-0.2, -0.15) is 0 Å². The predicted octanol–water partition coefficient (Wildman–Crippen LogP) is 3.15. The zero-order valence-electron chi connectivity index (χ0n) is 7.96. The van der Waals surface area contributed by atoms with E-state index >= 15 is 0 Å². The Morgan fingerprint density at radius 1 is 1.07 bits per heavy atom. The fourth-order valence-electron chi connectivity index (χ4n) is 1.92. The number of hydrogen-bond acceptors (Lipinski definition) is 2.